The molecule has 1 aromatic carbocycles. The monoisotopic (exact) mass is 290 g/mol. The number of hydrogen-bond donors (Lipinski definition) is 1. The van der Waals surface area contributed by atoms with Gasteiger partial charge in [0.15, 0.2) is 0 Å². The SMILES string of the molecule is Cl.Cl.NC(=O)c1ccc(CN2CCCCC2)cc1. The lowest BCUT2D eigenvalue weighted by atomic mass is 10.1. The van der Waals surface area contributed by atoms with Gasteiger partial charge in [-0.3, -0.25) is 9.69 Å². The van der Waals surface area contributed by atoms with Gasteiger partial charge in [-0.1, -0.05) is 18.6 Å². The second-order valence-electron chi connectivity index (χ2n) is 4.40. The largest absolute Gasteiger partial charge is 0.366 e. The van der Waals surface area contributed by atoms with E-state index in [2.05, 4.69) is 4.90 Å². The maximum Gasteiger partial charge on any atom is 0.248 e. The van der Waals surface area contributed by atoms with Crippen molar-refractivity contribution in [2.75, 3.05) is 13.1 Å². The Balaban J connectivity index is 0.00000144. The zero-order valence-electron chi connectivity index (χ0n) is 10.3. The van der Waals surface area contributed by atoms with Gasteiger partial charge >= 0.3 is 0 Å². The number of rotatable bonds is 3. The number of hydrogen-bond acceptors (Lipinski definition) is 2. The Hall–Kier alpha value is -0.770. The van der Waals surface area contributed by atoms with E-state index in [9.17, 15) is 4.79 Å². The molecule has 1 fully saturated rings. The third kappa shape index (κ3) is 4.84. The highest BCUT2D eigenvalue weighted by atomic mass is 35.5. The van der Waals surface area contributed by atoms with Crippen LogP contribution in [-0.2, 0) is 6.54 Å². The summed E-state index contributed by atoms with van der Waals surface area (Å²) >= 11 is 0. The Kier molecular flexibility index (Phi) is 8.00. The number of carbonyl (C=O) groups is 1. The molecular formula is C13H20Cl2N2O. The first kappa shape index (κ1) is 17.2. The van der Waals surface area contributed by atoms with Gasteiger partial charge < -0.3 is 5.73 Å². The van der Waals surface area contributed by atoms with Crippen LogP contribution in [-0.4, -0.2) is 23.9 Å². The molecule has 18 heavy (non-hydrogen) atoms. The van der Waals surface area contributed by atoms with Crippen molar-refractivity contribution in [2.24, 2.45) is 5.73 Å². The summed E-state index contributed by atoms with van der Waals surface area (Å²) in [7, 11) is 0. The van der Waals surface area contributed by atoms with E-state index in [0.29, 0.717) is 5.56 Å². The summed E-state index contributed by atoms with van der Waals surface area (Å²) in [4.78, 5) is 13.4. The Morgan fingerprint density at radius 2 is 1.61 bits per heavy atom. The Morgan fingerprint density at radius 1 is 1.06 bits per heavy atom. The lowest BCUT2D eigenvalue weighted by Gasteiger charge is -2.26. The summed E-state index contributed by atoms with van der Waals surface area (Å²) in [5.74, 6) is -0.357. The molecule has 0 aliphatic carbocycles. The summed E-state index contributed by atoms with van der Waals surface area (Å²) < 4.78 is 0. The summed E-state index contributed by atoms with van der Waals surface area (Å²) in [5, 5.41) is 0. The van der Waals surface area contributed by atoms with Gasteiger partial charge in [-0.25, -0.2) is 0 Å². The van der Waals surface area contributed by atoms with Crippen molar-refractivity contribution in [3.8, 4) is 0 Å². The molecule has 2 N–H and O–H groups in total. The molecule has 1 amide bonds. The molecule has 5 heteroatoms. The van der Waals surface area contributed by atoms with E-state index in [-0.39, 0.29) is 30.7 Å². The molecule has 2 rings (SSSR count). The number of nitrogens with zero attached hydrogens (tertiary/aromatic N) is 1. The van der Waals surface area contributed by atoms with Gasteiger partial charge in [0.2, 0.25) is 5.91 Å². The number of halogens is 2. The average Bonchev–Trinajstić information content (AvgIpc) is 2.31. The van der Waals surface area contributed by atoms with E-state index >= 15 is 0 Å². The highest BCUT2D eigenvalue weighted by Crippen LogP contribution is 2.13. The molecule has 0 unspecified atom stereocenters. The van der Waals surface area contributed by atoms with E-state index in [0.717, 1.165) is 6.54 Å². The Bertz CT molecular complexity index is 362. The summed E-state index contributed by atoms with van der Waals surface area (Å²) in [6.07, 6.45) is 3.97. The number of carbonyl (C=O) groups excluding carboxylic acids is 1. The van der Waals surface area contributed by atoms with E-state index in [4.69, 9.17) is 5.73 Å². The predicted molar refractivity (Wildman–Crippen MR) is 78.6 cm³/mol. The molecule has 0 spiro atoms. The zero-order chi connectivity index (χ0) is 11.4. The third-order valence-corrected chi connectivity index (χ3v) is 3.09. The highest BCUT2D eigenvalue weighted by Gasteiger charge is 2.10. The minimum Gasteiger partial charge on any atom is -0.366 e. The van der Waals surface area contributed by atoms with Crippen LogP contribution in [0.2, 0.25) is 0 Å². The smallest absolute Gasteiger partial charge is 0.248 e. The average molecular weight is 291 g/mol. The minimum atomic E-state index is -0.357. The Labute approximate surface area is 121 Å². The van der Waals surface area contributed by atoms with Gasteiger partial charge in [0, 0.05) is 12.1 Å². The molecule has 102 valence electrons. The molecule has 0 saturated carbocycles. The van der Waals surface area contributed by atoms with Crippen LogP contribution in [0.1, 0.15) is 35.2 Å². The van der Waals surface area contributed by atoms with Crippen LogP contribution in [0.4, 0.5) is 0 Å². The van der Waals surface area contributed by atoms with Crippen molar-refractivity contribution >= 4 is 30.7 Å². The van der Waals surface area contributed by atoms with Gasteiger partial charge in [0.1, 0.15) is 0 Å². The minimum absolute atomic E-state index is 0. The molecular weight excluding hydrogens is 271 g/mol. The normalized spacial score (nSPS) is 15.3. The molecule has 0 atom stereocenters. The second-order valence-corrected chi connectivity index (χ2v) is 4.40. The number of amides is 1. The molecule has 1 aliphatic rings. The number of likely N-dealkylation sites (tertiary alicyclic amines) is 1. The number of benzene rings is 1. The van der Waals surface area contributed by atoms with Gasteiger partial charge in [-0.2, -0.15) is 0 Å². The van der Waals surface area contributed by atoms with Crippen molar-refractivity contribution in [3.63, 3.8) is 0 Å². The van der Waals surface area contributed by atoms with Crippen molar-refractivity contribution in [1.82, 2.24) is 4.90 Å². The topological polar surface area (TPSA) is 46.3 Å². The fourth-order valence-electron chi connectivity index (χ4n) is 2.15. The molecule has 3 nitrogen and oxygen atoms in total. The first-order chi connectivity index (χ1) is 7.75. The van der Waals surface area contributed by atoms with E-state index in [1.54, 1.807) is 0 Å². The highest BCUT2D eigenvalue weighted by molar-refractivity contribution is 5.92. The van der Waals surface area contributed by atoms with E-state index in [1.807, 2.05) is 24.3 Å². The summed E-state index contributed by atoms with van der Waals surface area (Å²) in [5.41, 5.74) is 7.04. The number of primary amides is 1. The third-order valence-electron chi connectivity index (χ3n) is 3.09. The van der Waals surface area contributed by atoms with E-state index < -0.39 is 0 Å². The molecule has 1 aliphatic heterocycles. The predicted octanol–water partition coefficient (Wildman–Crippen LogP) is 2.62. The van der Waals surface area contributed by atoms with Crippen molar-refractivity contribution in [3.05, 3.63) is 35.4 Å². The molecule has 0 bridgehead atoms. The lowest BCUT2D eigenvalue weighted by molar-refractivity contribution is 0.100. The maximum atomic E-state index is 10.9. The van der Waals surface area contributed by atoms with Crippen LogP contribution in [0.15, 0.2) is 24.3 Å². The van der Waals surface area contributed by atoms with E-state index in [1.165, 1.54) is 37.9 Å². The zero-order valence-corrected chi connectivity index (χ0v) is 11.9. The fraction of sp³-hybridized carbons (Fsp3) is 0.462. The molecule has 0 aromatic heterocycles. The van der Waals surface area contributed by atoms with Gasteiger partial charge in [-0.15, -0.1) is 24.8 Å². The first-order valence-corrected chi connectivity index (χ1v) is 5.87. The number of nitrogens with two attached hydrogens (primary N) is 1. The molecule has 1 saturated heterocycles. The van der Waals surface area contributed by atoms with Gasteiger partial charge in [-0.05, 0) is 43.6 Å². The van der Waals surface area contributed by atoms with Crippen molar-refractivity contribution < 1.29 is 4.79 Å². The fourth-order valence-corrected chi connectivity index (χ4v) is 2.15. The standard InChI is InChI=1S/C13H18N2O.2ClH/c14-13(16)12-6-4-11(5-7-12)10-15-8-2-1-3-9-15;;/h4-7H,1-3,8-10H2,(H2,14,16);2*1H. The molecule has 0 radical (unpaired) electrons. The molecule has 1 heterocycles. The number of piperidine rings is 1. The second kappa shape index (κ2) is 8.35. The van der Waals surface area contributed by atoms with Crippen LogP contribution < -0.4 is 5.73 Å². The summed E-state index contributed by atoms with van der Waals surface area (Å²) in [6.45, 7) is 3.37. The van der Waals surface area contributed by atoms with Crippen molar-refractivity contribution in [1.29, 1.82) is 0 Å². The molecule has 1 aromatic rings. The van der Waals surface area contributed by atoms with Crippen LogP contribution in [0.25, 0.3) is 0 Å². The van der Waals surface area contributed by atoms with Crippen LogP contribution in [0, 0.1) is 0 Å². The van der Waals surface area contributed by atoms with Gasteiger partial charge in [0.05, 0.1) is 0 Å². The lowest BCUT2D eigenvalue weighted by Crippen LogP contribution is -2.29. The quantitative estimate of drug-likeness (QED) is 0.930. The summed E-state index contributed by atoms with van der Waals surface area (Å²) in [6, 6.07) is 7.60. The van der Waals surface area contributed by atoms with Crippen LogP contribution >= 0.6 is 24.8 Å². The van der Waals surface area contributed by atoms with Crippen LogP contribution in [0.3, 0.4) is 0 Å². The Morgan fingerprint density at radius 3 is 2.11 bits per heavy atom. The maximum absolute atomic E-state index is 10.9. The van der Waals surface area contributed by atoms with Crippen LogP contribution in [0.5, 0.6) is 0 Å². The first-order valence-electron chi connectivity index (χ1n) is 5.87. The van der Waals surface area contributed by atoms with Crippen molar-refractivity contribution in [2.45, 2.75) is 25.8 Å². The van der Waals surface area contributed by atoms with Gasteiger partial charge in [0.25, 0.3) is 0 Å².